The van der Waals surface area contributed by atoms with E-state index in [4.69, 9.17) is 5.73 Å². The van der Waals surface area contributed by atoms with Crippen LogP contribution in [-0.2, 0) is 22.6 Å². The van der Waals surface area contributed by atoms with Crippen LogP contribution in [0.2, 0.25) is 0 Å². The molecule has 0 bridgehead atoms. The highest BCUT2D eigenvalue weighted by atomic mass is 16.2. The molecule has 134 valence electrons. The van der Waals surface area contributed by atoms with Gasteiger partial charge < -0.3 is 16.4 Å². The number of anilines is 2. The number of nitrogens with one attached hydrogen (secondary N) is 2. The molecule has 1 atom stereocenters. The normalized spacial score (nSPS) is 16.5. The molecular formula is C19H20N4O3. The highest BCUT2D eigenvalue weighted by Crippen LogP contribution is 2.17. The number of nitrogens with two attached hydrogens (primary N) is 1. The molecule has 1 fully saturated rings. The third-order valence-corrected chi connectivity index (χ3v) is 4.14. The minimum absolute atomic E-state index is 0.155. The Hall–Kier alpha value is -3.35. The molecule has 7 nitrogen and oxygen atoms in total. The maximum Gasteiger partial charge on any atom is 0.325 e. The molecule has 2 aromatic rings. The number of benzene rings is 2. The zero-order chi connectivity index (χ0) is 18.7. The number of nitrogen functional groups attached to an aromatic ring is 1. The first-order valence-electron chi connectivity index (χ1n) is 8.25. The van der Waals surface area contributed by atoms with Crippen LogP contribution in [-0.4, -0.2) is 28.8 Å². The summed E-state index contributed by atoms with van der Waals surface area (Å²) in [5.41, 5.74) is 8.71. The van der Waals surface area contributed by atoms with Crippen molar-refractivity contribution in [3.63, 3.8) is 0 Å². The molecule has 0 radical (unpaired) electrons. The van der Waals surface area contributed by atoms with Gasteiger partial charge in [0, 0.05) is 24.7 Å². The molecule has 0 saturated carbocycles. The van der Waals surface area contributed by atoms with Crippen LogP contribution >= 0.6 is 0 Å². The summed E-state index contributed by atoms with van der Waals surface area (Å²) in [4.78, 5) is 37.0. The van der Waals surface area contributed by atoms with Crippen molar-refractivity contribution in [2.75, 3.05) is 11.1 Å². The summed E-state index contributed by atoms with van der Waals surface area (Å²) in [6, 6.07) is 13.3. The summed E-state index contributed by atoms with van der Waals surface area (Å²) >= 11 is 0. The first-order chi connectivity index (χ1) is 12.4. The Labute approximate surface area is 151 Å². The highest BCUT2D eigenvalue weighted by molar-refractivity contribution is 6.04. The fraction of sp³-hybridized carbons (Fsp3) is 0.211. The highest BCUT2D eigenvalue weighted by Gasteiger charge is 2.37. The summed E-state index contributed by atoms with van der Waals surface area (Å²) in [6.07, 6.45) is 0.419. The van der Waals surface area contributed by atoms with Crippen molar-refractivity contribution in [1.82, 2.24) is 10.2 Å². The zero-order valence-corrected chi connectivity index (χ0v) is 14.4. The molecule has 0 aliphatic carbocycles. The summed E-state index contributed by atoms with van der Waals surface area (Å²) in [6.45, 7) is 1.62. The predicted molar refractivity (Wildman–Crippen MR) is 98.2 cm³/mol. The molecular weight excluding hydrogens is 332 g/mol. The van der Waals surface area contributed by atoms with Crippen molar-refractivity contribution < 1.29 is 14.4 Å². The fourth-order valence-corrected chi connectivity index (χ4v) is 2.83. The fourth-order valence-electron chi connectivity index (χ4n) is 2.83. The van der Waals surface area contributed by atoms with Gasteiger partial charge in [-0.05, 0) is 35.4 Å². The molecule has 4 N–H and O–H groups in total. The number of imide groups is 1. The van der Waals surface area contributed by atoms with E-state index in [1.165, 1.54) is 11.8 Å². The monoisotopic (exact) mass is 352 g/mol. The van der Waals surface area contributed by atoms with Crippen LogP contribution in [0.15, 0.2) is 48.5 Å². The van der Waals surface area contributed by atoms with Gasteiger partial charge in [-0.1, -0.05) is 24.3 Å². The van der Waals surface area contributed by atoms with Crippen molar-refractivity contribution in [3.05, 3.63) is 59.7 Å². The Morgan fingerprint density at radius 2 is 1.69 bits per heavy atom. The molecule has 2 aromatic carbocycles. The maximum absolute atomic E-state index is 12.6. The second-order valence-corrected chi connectivity index (χ2v) is 6.25. The molecule has 1 aliphatic rings. The number of amides is 4. The minimum Gasteiger partial charge on any atom is -0.399 e. The second-order valence-electron chi connectivity index (χ2n) is 6.25. The SMILES string of the molecule is CC(=O)Nc1ccc(CN2C(=O)NC(Cc3ccc(N)cc3)C2=O)cc1. The van der Waals surface area contributed by atoms with E-state index in [1.54, 1.807) is 36.4 Å². The van der Waals surface area contributed by atoms with Gasteiger partial charge in [0.2, 0.25) is 5.91 Å². The van der Waals surface area contributed by atoms with Gasteiger partial charge >= 0.3 is 6.03 Å². The van der Waals surface area contributed by atoms with Crippen molar-refractivity contribution in [2.24, 2.45) is 0 Å². The maximum atomic E-state index is 12.6. The predicted octanol–water partition coefficient (Wildman–Crippen LogP) is 1.89. The van der Waals surface area contributed by atoms with Gasteiger partial charge in [0.05, 0.1) is 6.54 Å². The van der Waals surface area contributed by atoms with Gasteiger partial charge in [-0.15, -0.1) is 0 Å². The third kappa shape index (κ3) is 4.00. The van der Waals surface area contributed by atoms with Crippen molar-refractivity contribution in [2.45, 2.75) is 25.9 Å². The number of nitrogens with zero attached hydrogens (tertiary/aromatic N) is 1. The first kappa shape index (κ1) is 17.5. The van der Waals surface area contributed by atoms with Crippen LogP contribution in [0.4, 0.5) is 16.2 Å². The van der Waals surface area contributed by atoms with Crippen LogP contribution in [0, 0.1) is 0 Å². The Bertz CT molecular complexity index is 831. The van der Waals surface area contributed by atoms with Crippen LogP contribution in [0.5, 0.6) is 0 Å². The minimum atomic E-state index is -0.579. The van der Waals surface area contributed by atoms with Gasteiger partial charge in [0.25, 0.3) is 5.91 Å². The lowest BCUT2D eigenvalue weighted by Crippen LogP contribution is -2.32. The topological polar surface area (TPSA) is 105 Å². The molecule has 1 aliphatic heterocycles. The molecule has 4 amide bonds. The van der Waals surface area contributed by atoms with Gasteiger partial charge in [-0.25, -0.2) is 4.79 Å². The van der Waals surface area contributed by atoms with Gasteiger partial charge in [0.15, 0.2) is 0 Å². The van der Waals surface area contributed by atoms with E-state index in [9.17, 15) is 14.4 Å². The summed E-state index contributed by atoms with van der Waals surface area (Å²) in [5.74, 6) is -0.407. The molecule has 0 spiro atoms. The molecule has 3 rings (SSSR count). The average Bonchev–Trinajstić information content (AvgIpc) is 2.85. The average molecular weight is 352 g/mol. The molecule has 7 heteroatoms. The quantitative estimate of drug-likeness (QED) is 0.564. The lowest BCUT2D eigenvalue weighted by atomic mass is 10.1. The van der Waals surface area contributed by atoms with Crippen LogP contribution in [0.1, 0.15) is 18.1 Å². The van der Waals surface area contributed by atoms with E-state index in [2.05, 4.69) is 10.6 Å². The lowest BCUT2D eigenvalue weighted by Gasteiger charge is -2.13. The van der Waals surface area contributed by atoms with Gasteiger partial charge in [-0.3, -0.25) is 14.5 Å². The third-order valence-electron chi connectivity index (χ3n) is 4.14. The zero-order valence-electron chi connectivity index (χ0n) is 14.4. The summed E-state index contributed by atoms with van der Waals surface area (Å²) in [7, 11) is 0. The number of carbonyl (C=O) groups is 3. The molecule has 1 unspecified atom stereocenters. The first-order valence-corrected chi connectivity index (χ1v) is 8.25. The number of carbonyl (C=O) groups excluding carboxylic acids is 3. The Morgan fingerprint density at radius 1 is 1.08 bits per heavy atom. The largest absolute Gasteiger partial charge is 0.399 e. The second kappa shape index (κ2) is 7.26. The number of urea groups is 1. The van der Waals surface area contributed by atoms with Crippen molar-refractivity contribution in [3.8, 4) is 0 Å². The van der Waals surface area contributed by atoms with Crippen LogP contribution in [0.25, 0.3) is 0 Å². The smallest absolute Gasteiger partial charge is 0.325 e. The summed E-state index contributed by atoms with van der Waals surface area (Å²) in [5, 5.41) is 5.40. The number of hydrogen-bond acceptors (Lipinski definition) is 4. The van der Waals surface area contributed by atoms with Gasteiger partial charge in [-0.2, -0.15) is 0 Å². The molecule has 26 heavy (non-hydrogen) atoms. The standard InChI is InChI=1S/C19H20N4O3/c1-12(24)21-16-8-4-14(5-9-16)11-23-18(25)17(22-19(23)26)10-13-2-6-15(20)7-3-13/h2-9,17H,10-11,20H2,1H3,(H,21,24)(H,22,26). The van der Waals surface area contributed by atoms with Crippen molar-refractivity contribution in [1.29, 1.82) is 0 Å². The Balaban J connectivity index is 1.65. The van der Waals surface area contributed by atoms with E-state index in [-0.39, 0.29) is 18.4 Å². The van der Waals surface area contributed by atoms with Crippen LogP contribution in [0.3, 0.4) is 0 Å². The van der Waals surface area contributed by atoms with E-state index in [1.807, 2.05) is 12.1 Å². The molecule has 1 saturated heterocycles. The Kier molecular flexibility index (Phi) is 4.88. The van der Waals surface area contributed by atoms with E-state index >= 15 is 0 Å². The van der Waals surface area contributed by atoms with E-state index in [0.29, 0.717) is 17.8 Å². The molecule has 1 heterocycles. The summed E-state index contributed by atoms with van der Waals surface area (Å²) < 4.78 is 0. The van der Waals surface area contributed by atoms with Crippen molar-refractivity contribution >= 4 is 29.2 Å². The van der Waals surface area contributed by atoms with Crippen LogP contribution < -0.4 is 16.4 Å². The molecule has 0 aromatic heterocycles. The Morgan fingerprint density at radius 3 is 2.31 bits per heavy atom. The number of hydrogen-bond donors (Lipinski definition) is 3. The van der Waals surface area contributed by atoms with E-state index < -0.39 is 12.1 Å². The number of rotatable bonds is 5. The lowest BCUT2D eigenvalue weighted by molar-refractivity contribution is -0.127. The van der Waals surface area contributed by atoms with E-state index in [0.717, 1.165) is 11.1 Å². The van der Waals surface area contributed by atoms with Gasteiger partial charge in [0.1, 0.15) is 6.04 Å².